The third-order valence-corrected chi connectivity index (χ3v) is 7.90. The van der Waals surface area contributed by atoms with Crippen molar-refractivity contribution in [2.75, 3.05) is 45.2 Å². The predicted octanol–water partition coefficient (Wildman–Crippen LogP) is 2.61. The van der Waals surface area contributed by atoms with Gasteiger partial charge in [-0.3, -0.25) is 4.79 Å². The Morgan fingerprint density at radius 3 is 2.15 bits per heavy atom. The molecule has 1 amide bonds. The molecule has 6 nitrogen and oxygen atoms in total. The van der Waals surface area contributed by atoms with Gasteiger partial charge in [0, 0.05) is 51.5 Å². The van der Waals surface area contributed by atoms with E-state index in [-0.39, 0.29) is 23.2 Å². The number of nitrogens with zero attached hydrogens (tertiary/aromatic N) is 3. The van der Waals surface area contributed by atoms with Gasteiger partial charge < -0.3 is 9.80 Å². The number of anilines is 1. The average molecular weight is 414 g/mol. The van der Waals surface area contributed by atoms with Crippen molar-refractivity contribution in [3.05, 3.63) is 46.3 Å². The van der Waals surface area contributed by atoms with Gasteiger partial charge in [-0.15, -0.1) is 11.3 Å². The fraction of sp³-hybridized carbons (Fsp3) is 0.353. The van der Waals surface area contributed by atoms with Crippen LogP contribution in [-0.2, 0) is 10.0 Å². The third kappa shape index (κ3) is 3.88. The second-order valence-electron chi connectivity index (χ2n) is 6.20. The predicted molar refractivity (Wildman–Crippen MR) is 105 cm³/mol. The van der Waals surface area contributed by atoms with E-state index in [1.807, 2.05) is 31.1 Å². The first kappa shape index (κ1) is 19.2. The molecule has 0 unspecified atom stereocenters. The van der Waals surface area contributed by atoms with E-state index >= 15 is 0 Å². The maximum atomic E-state index is 12.6. The summed E-state index contributed by atoms with van der Waals surface area (Å²) in [6.07, 6.45) is 0. The molecule has 3 rings (SSSR count). The number of halogens is 1. The van der Waals surface area contributed by atoms with Crippen molar-refractivity contribution in [1.82, 2.24) is 9.21 Å². The van der Waals surface area contributed by atoms with Crippen molar-refractivity contribution in [3.63, 3.8) is 0 Å². The molecule has 140 valence electrons. The van der Waals surface area contributed by atoms with Crippen LogP contribution >= 0.6 is 22.9 Å². The minimum Gasteiger partial charge on any atom is -0.378 e. The molecule has 0 N–H and O–H groups in total. The molecule has 0 spiro atoms. The molecule has 2 heterocycles. The number of amides is 1. The van der Waals surface area contributed by atoms with E-state index in [1.54, 1.807) is 23.1 Å². The van der Waals surface area contributed by atoms with E-state index in [9.17, 15) is 13.2 Å². The zero-order chi connectivity index (χ0) is 18.9. The summed E-state index contributed by atoms with van der Waals surface area (Å²) in [5.41, 5.74) is 1.63. The van der Waals surface area contributed by atoms with Crippen LogP contribution in [-0.4, -0.2) is 63.8 Å². The van der Waals surface area contributed by atoms with E-state index in [0.29, 0.717) is 23.0 Å². The highest BCUT2D eigenvalue weighted by Crippen LogP contribution is 2.28. The summed E-state index contributed by atoms with van der Waals surface area (Å²) in [4.78, 5) is 16.3. The molecule has 1 aromatic carbocycles. The minimum atomic E-state index is -3.55. The fourth-order valence-corrected chi connectivity index (χ4v) is 5.84. The lowest BCUT2D eigenvalue weighted by atomic mass is 10.1. The van der Waals surface area contributed by atoms with E-state index in [0.717, 1.165) is 17.0 Å². The van der Waals surface area contributed by atoms with Crippen LogP contribution in [0.25, 0.3) is 0 Å². The van der Waals surface area contributed by atoms with Crippen molar-refractivity contribution in [2.45, 2.75) is 4.21 Å². The number of carbonyl (C=O) groups excluding carboxylic acids is 1. The van der Waals surface area contributed by atoms with Crippen molar-refractivity contribution in [2.24, 2.45) is 0 Å². The molecule has 1 aliphatic heterocycles. The van der Waals surface area contributed by atoms with Gasteiger partial charge in [0.25, 0.3) is 15.9 Å². The molecule has 0 bridgehead atoms. The maximum Gasteiger partial charge on any atom is 0.253 e. The molecule has 9 heteroatoms. The number of rotatable bonds is 4. The summed E-state index contributed by atoms with van der Waals surface area (Å²) >= 11 is 6.90. The monoisotopic (exact) mass is 413 g/mol. The Morgan fingerprint density at radius 1 is 1.04 bits per heavy atom. The number of carbonyl (C=O) groups is 1. The van der Waals surface area contributed by atoms with Gasteiger partial charge in [-0.25, -0.2) is 8.42 Å². The summed E-state index contributed by atoms with van der Waals surface area (Å²) in [5, 5.41) is 0. The summed E-state index contributed by atoms with van der Waals surface area (Å²) in [5.74, 6) is -0.0773. The molecule has 1 saturated heterocycles. The summed E-state index contributed by atoms with van der Waals surface area (Å²) in [6, 6.07) is 10.5. The zero-order valence-electron chi connectivity index (χ0n) is 14.6. The first-order valence-electron chi connectivity index (χ1n) is 8.11. The van der Waals surface area contributed by atoms with E-state index < -0.39 is 10.0 Å². The molecule has 1 fully saturated rings. The molecule has 0 radical (unpaired) electrons. The van der Waals surface area contributed by atoms with Crippen LogP contribution in [0.2, 0.25) is 4.34 Å². The smallest absolute Gasteiger partial charge is 0.253 e. The van der Waals surface area contributed by atoms with Crippen molar-refractivity contribution >= 4 is 44.6 Å². The summed E-state index contributed by atoms with van der Waals surface area (Å²) < 4.78 is 27.3. The Hall–Kier alpha value is -1.61. The molecule has 1 aromatic heterocycles. The number of benzene rings is 1. The van der Waals surface area contributed by atoms with E-state index in [4.69, 9.17) is 11.6 Å². The zero-order valence-corrected chi connectivity index (χ0v) is 16.9. The van der Waals surface area contributed by atoms with Crippen LogP contribution in [0.1, 0.15) is 10.4 Å². The third-order valence-electron chi connectivity index (χ3n) is 4.30. The van der Waals surface area contributed by atoms with Crippen LogP contribution in [0.4, 0.5) is 5.69 Å². The molecule has 2 aromatic rings. The molecule has 0 atom stereocenters. The number of hydrogen-bond acceptors (Lipinski definition) is 5. The van der Waals surface area contributed by atoms with Crippen LogP contribution in [0.5, 0.6) is 0 Å². The second-order valence-corrected chi connectivity index (χ2v) is 10.1. The van der Waals surface area contributed by atoms with Crippen LogP contribution in [0, 0.1) is 0 Å². The maximum absolute atomic E-state index is 12.6. The first-order chi connectivity index (χ1) is 12.3. The highest BCUT2D eigenvalue weighted by molar-refractivity contribution is 7.91. The Balaban J connectivity index is 1.65. The van der Waals surface area contributed by atoms with Crippen LogP contribution < -0.4 is 4.90 Å². The SMILES string of the molecule is CN(C)c1ccc(C(=O)N2CCN(S(=O)(=O)c3ccc(Cl)s3)CC2)cc1. The topological polar surface area (TPSA) is 60.9 Å². The van der Waals surface area contributed by atoms with Gasteiger partial charge in [0.2, 0.25) is 0 Å². The van der Waals surface area contributed by atoms with Gasteiger partial charge in [-0.05, 0) is 36.4 Å². The normalized spacial score (nSPS) is 15.9. The molecule has 0 saturated carbocycles. The first-order valence-corrected chi connectivity index (χ1v) is 10.7. The molecule has 26 heavy (non-hydrogen) atoms. The Morgan fingerprint density at radius 2 is 1.65 bits per heavy atom. The van der Waals surface area contributed by atoms with Gasteiger partial charge in [0.15, 0.2) is 0 Å². The van der Waals surface area contributed by atoms with Gasteiger partial charge in [-0.1, -0.05) is 11.6 Å². The minimum absolute atomic E-state index is 0.0773. The lowest BCUT2D eigenvalue weighted by Crippen LogP contribution is -2.50. The van der Waals surface area contributed by atoms with Crippen molar-refractivity contribution in [3.8, 4) is 0 Å². The van der Waals surface area contributed by atoms with Gasteiger partial charge >= 0.3 is 0 Å². The van der Waals surface area contributed by atoms with Crippen LogP contribution in [0.3, 0.4) is 0 Å². The van der Waals surface area contributed by atoms with E-state index in [1.165, 1.54) is 10.4 Å². The van der Waals surface area contributed by atoms with Crippen LogP contribution in [0.15, 0.2) is 40.6 Å². The fourth-order valence-electron chi connectivity index (χ4n) is 2.78. The highest BCUT2D eigenvalue weighted by Gasteiger charge is 2.31. The number of sulfonamides is 1. The molecular weight excluding hydrogens is 394 g/mol. The lowest BCUT2D eigenvalue weighted by Gasteiger charge is -2.33. The number of thiophene rings is 1. The number of hydrogen-bond donors (Lipinski definition) is 0. The Bertz CT molecular complexity index is 886. The lowest BCUT2D eigenvalue weighted by molar-refractivity contribution is 0.0698. The summed E-state index contributed by atoms with van der Waals surface area (Å²) in [7, 11) is 0.337. The van der Waals surface area contributed by atoms with E-state index in [2.05, 4.69) is 0 Å². The molecular formula is C17H20ClN3O3S2. The average Bonchev–Trinajstić information content (AvgIpc) is 3.08. The largest absolute Gasteiger partial charge is 0.378 e. The highest BCUT2D eigenvalue weighted by atomic mass is 35.5. The second kappa shape index (κ2) is 7.56. The summed E-state index contributed by atoms with van der Waals surface area (Å²) in [6.45, 7) is 1.29. The quantitative estimate of drug-likeness (QED) is 0.773. The van der Waals surface area contributed by atoms with Crippen molar-refractivity contribution in [1.29, 1.82) is 0 Å². The van der Waals surface area contributed by atoms with Gasteiger partial charge in [0.05, 0.1) is 4.34 Å². The Labute approximate surface area is 162 Å². The molecule has 0 aliphatic carbocycles. The van der Waals surface area contributed by atoms with Gasteiger partial charge in [-0.2, -0.15) is 4.31 Å². The standard InChI is InChI=1S/C17H20ClN3O3S2/c1-19(2)14-5-3-13(4-6-14)17(22)20-9-11-21(12-10-20)26(23,24)16-8-7-15(18)25-16/h3-8H,9-12H2,1-2H3. The Kier molecular flexibility index (Phi) is 5.57. The van der Waals surface area contributed by atoms with Gasteiger partial charge in [0.1, 0.15) is 4.21 Å². The van der Waals surface area contributed by atoms with Crippen molar-refractivity contribution < 1.29 is 13.2 Å². The number of piperazine rings is 1. The molecule has 1 aliphatic rings.